The highest BCUT2D eigenvalue weighted by Gasteiger charge is 2.16. The standard InChI is InChI=1S/C16H22N2S/c1-13(15-9-10-19-12-15)17-16(11-18(2)3)14-7-5-4-6-8-14/h4-10,12-13,16-17H,11H2,1-3H3. The Labute approximate surface area is 120 Å². The molecule has 0 amide bonds. The van der Waals surface area contributed by atoms with Gasteiger partial charge >= 0.3 is 0 Å². The summed E-state index contributed by atoms with van der Waals surface area (Å²) in [6, 6.07) is 13.6. The lowest BCUT2D eigenvalue weighted by atomic mass is 10.0. The van der Waals surface area contributed by atoms with E-state index in [0.717, 1.165) is 6.54 Å². The van der Waals surface area contributed by atoms with Crippen molar-refractivity contribution >= 4 is 11.3 Å². The van der Waals surface area contributed by atoms with Crippen LogP contribution in [0.25, 0.3) is 0 Å². The van der Waals surface area contributed by atoms with E-state index in [-0.39, 0.29) is 0 Å². The van der Waals surface area contributed by atoms with Crippen LogP contribution in [0, 0.1) is 0 Å². The summed E-state index contributed by atoms with van der Waals surface area (Å²) in [6.45, 7) is 3.23. The predicted molar refractivity (Wildman–Crippen MR) is 83.6 cm³/mol. The maximum atomic E-state index is 3.73. The van der Waals surface area contributed by atoms with E-state index in [2.05, 4.69) is 78.4 Å². The lowest BCUT2D eigenvalue weighted by Gasteiger charge is -2.26. The Hall–Kier alpha value is -1.16. The highest BCUT2D eigenvalue weighted by Crippen LogP contribution is 2.21. The average molecular weight is 274 g/mol. The van der Waals surface area contributed by atoms with Crippen molar-refractivity contribution in [3.63, 3.8) is 0 Å². The second kappa shape index (κ2) is 6.85. The molecular formula is C16H22N2S. The minimum absolute atomic E-state index is 0.353. The molecule has 0 aliphatic carbocycles. The van der Waals surface area contributed by atoms with Crippen LogP contribution in [0.5, 0.6) is 0 Å². The molecule has 0 aliphatic heterocycles. The van der Waals surface area contributed by atoms with Crippen molar-refractivity contribution in [3.8, 4) is 0 Å². The second-order valence-electron chi connectivity index (χ2n) is 5.17. The van der Waals surface area contributed by atoms with Gasteiger partial charge in [-0.25, -0.2) is 0 Å². The van der Waals surface area contributed by atoms with Crippen LogP contribution >= 0.6 is 11.3 Å². The summed E-state index contributed by atoms with van der Waals surface area (Å²) in [6.07, 6.45) is 0. The van der Waals surface area contributed by atoms with Gasteiger partial charge in [0.2, 0.25) is 0 Å². The quantitative estimate of drug-likeness (QED) is 0.864. The monoisotopic (exact) mass is 274 g/mol. The van der Waals surface area contributed by atoms with Gasteiger partial charge in [-0.2, -0.15) is 11.3 Å². The van der Waals surface area contributed by atoms with Crippen molar-refractivity contribution in [2.75, 3.05) is 20.6 Å². The van der Waals surface area contributed by atoms with E-state index in [0.29, 0.717) is 12.1 Å². The summed E-state index contributed by atoms with van der Waals surface area (Å²) < 4.78 is 0. The molecule has 1 heterocycles. The highest BCUT2D eigenvalue weighted by molar-refractivity contribution is 7.07. The Morgan fingerprint density at radius 2 is 1.84 bits per heavy atom. The molecule has 2 atom stereocenters. The molecule has 0 fully saturated rings. The SMILES string of the molecule is CC(NC(CN(C)C)c1ccccc1)c1ccsc1. The number of hydrogen-bond acceptors (Lipinski definition) is 3. The van der Waals surface area contributed by atoms with Gasteiger partial charge in [-0.05, 0) is 49.0 Å². The summed E-state index contributed by atoms with van der Waals surface area (Å²) >= 11 is 1.75. The van der Waals surface area contributed by atoms with Gasteiger partial charge in [-0.15, -0.1) is 0 Å². The van der Waals surface area contributed by atoms with E-state index < -0.39 is 0 Å². The molecule has 2 aromatic rings. The smallest absolute Gasteiger partial charge is 0.0453 e. The van der Waals surface area contributed by atoms with Crippen LogP contribution in [-0.4, -0.2) is 25.5 Å². The fourth-order valence-electron chi connectivity index (χ4n) is 2.22. The van der Waals surface area contributed by atoms with Crippen LogP contribution in [0.4, 0.5) is 0 Å². The van der Waals surface area contributed by atoms with Crippen LogP contribution in [-0.2, 0) is 0 Å². The maximum Gasteiger partial charge on any atom is 0.0453 e. The number of rotatable bonds is 6. The van der Waals surface area contributed by atoms with E-state index in [9.17, 15) is 0 Å². The Kier molecular flexibility index (Phi) is 5.14. The number of nitrogens with one attached hydrogen (secondary N) is 1. The molecule has 0 radical (unpaired) electrons. The van der Waals surface area contributed by atoms with Crippen molar-refractivity contribution in [1.82, 2.24) is 10.2 Å². The fourth-order valence-corrected chi connectivity index (χ4v) is 2.98. The minimum atomic E-state index is 0.353. The first-order valence-electron chi connectivity index (χ1n) is 6.64. The summed E-state index contributed by atoms with van der Waals surface area (Å²) in [5.41, 5.74) is 2.71. The molecule has 2 rings (SSSR count). The van der Waals surface area contributed by atoms with Gasteiger partial charge in [0, 0.05) is 18.6 Å². The molecule has 1 aromatic heterocycles. The molecule has 2 unspecified atom stereocenters. The Bertz CT molecular complexity index is 465. The third kappa shape index (κ3) is 4.16. The molecule has 0 spiro atoms. The number of hydrogen-bond donors (Lipinski definition) is 1. The largest absolute Gasteiger partial charge is 0.308 e. The fraction of sp³-hybridized carbons (Fsp3) is 0.375. The zero-order valence-corrected chi connectivity index (χ0v) is 12.7. The summed E-state index contributed by atoms with van der Waals surface area (Å²) in [4.78, 5) is 2.23. The Balaban J connectivity index is 2.10. The second-order valence-corrected chi connectivity index (χ2v) is 5.95. The van der Waals surface area contributed by atoms with Gasteiger partial charge in [-0.1, -0.05) is 30.3 Å². The van der Waals surface area contributed by atoms with Crippen LogP contribution in [0.15, 0.2) is 47.2 Å². The van der Waals surface area contributed by atoms with Crippen molar-refractivity contribution in [1.29, 1.82) is 0 Å². The van der Waals surface area contributed by atoms with Gasteiger partial charge in [0.25, 0.3) is 0 Å². The molecule has 3 heteroatoms. The summed E-state index contributed by atoms with van der Waals surface area (Å²) in [5, 5.41) is 8.09. The van der Waals surface area contributed by atoms with E-state index >= 15 is 0 Å². The molecule has 19 heavy (non-hydrogen) atoms. The van der Waals surface area contributed by atoms with E-state index in [1.54, 1.807) is 11.3 Å². The Morgan fingerprint density at radius 1 is 1.11 bits per heavy atom. The number of thiophene rings is 1. The number of benzene rings is 1. The molecule has 0 bridgehead atoms. The Morgan fingerprint density at radius 3 is 2.42 bits per heavy atom. The molecule has 1 N–H and O–H groups in total. The number of likely N-dealkylation sites (N-methyl/N-ethyl adjacent to an activating group) is 1. The molecular weight excluding hydrogens is 252 g/mol. The molecule has 2 nitrogen and oxygen atoms in total. The summed E-state index contributed by atoms with van der Waals surface area (Å²) in [7, 11) is 4.24. The normalized spacial score (nSPS) is 14.5. The first-order valence-corrected chi connectivity index (χ1v) is 7.59. The van der Waals surface area contributed by atoms with Crippen molar-refractivity contribution in [2.24, 2.45) is 0 Å². The van der Waals surface area contributed by atoms with Crippen LogP contribution in [0.1, 0.15) is 30.1 Å². The number of nitrogens with zero attached hydrogens (tertiary/aromatic N) is 1. The zero-order valence-electron chi connectivity index (χ0n) is 11.8. The van der Waals surface area contributed by atoms with Gasteiger partial charge < -0.3 is 10.2 Å². The van der Waals surface area contributed by atoms with Crippen LogP contribution < -0.4 is 5.32 Å². The summed E-state index contributed by atoms with van der Waals surface area (Å²) in [5.74, 6) is 0. The van der Waals surface area contributed by atoms with Crippen molar-refractivity contribution in [2.45, 2.75) is 19.0 Å². The molecule has 1 aromatic carbocycles. The lowest BCUT2D eigenvalue weighted by Crippen LogP contribution is -2.32. The third-order valence-electron chi connectivity index (χ3n) is 3.24. The lowest BCUT2D eigenvalue weighted by molar-refractivity contribution is 0.325. The van der Waals surface area contributed by atoms with Crippen molar-refractivity contribution < 1.29 is 0 Å². The van der Waals surface area contributed by atoms with Gasteiger partial charge in [0.15, 0.2) is 0 Å². The molecule has 0 saturated heterocycles. The molecule has 102 valence electrons. The molecule has 0 aliphatic rings. The first kappa shape index (κ1) is 14.3. The zero-order chi connectivity index (χ0) is 13.7. The van der Waals surface area contributed by atoms with Crippen LogP contribution in [0.2, 0.25) is 0 Å². The predicted octanol–water partition coefficient (Wildman–Crippen LogP) is 3.70. The van der Waals surface area contributed by atoms with Crippen molar-refractivity contribution in [3.05, 3.63) is 58.3 Å². The third-order valence-corrected chi connectivity index (χ3v) is 3.95. The minimum Gasteiger partial charge on any atom is -0.308 e. The topological polar surface area (TPSA) is 15.3 Å². The molecule has 0 saturated carbocycles. The van der Waals surface area contributed by atoms with E-state index in [1.807, 2.05) is 0 Å². The first-order chi connectivity index (χ1) is 9.16. The average Bonchev–Trinajstić information content (AvgIpc) is 2.92. The van der Waals surface area contributed by atoms with E-state index in [1.165, 1.54) is 11.1 Å². The highest BCUT2D eigenvalue weighted by atomic mass is 32.1. The maximum absolute atomic E-state index is 3.73. The van der Waals surface area contributed by atoms with Gasteiger partial charge in [-0.3, -0.25) is 0 Å². The van der Waals surface area contributed by atoms with E-state index in [4.69, 9.17) is 0 Å². The van der Waals surface area contributed by atoms with Gasteiger partial charge in [0.1, 0.15) is 0 Å². The van der Waals surface area contributed by atoms with Gasteiger partial charge in [0.05, 0.1) is 0 Å². The van der Waals surface area contributed by atoms with Crippen LogP contribution in [0.3, 0.4) is 0 Å².